The smallest absolute Gasteiger partial charge is 0.315 e. The van der Waals surface area contributed by atoms with Crippen molar-refractivity contribution in [3.63, 3.8) is 0 Å². The number of hydrogen-bond acceptors (Lipinski definition) is 4. The Hall–Kier alpha value is -2.68. The van der Waals surface area contributed by atoms with Crippen LogP contribution in [0.15, 0.2) is 24.3 Å². The molecule has 0 unspecified atom stereocenters. The molecule has 0 bridgehead atoms. The molecule has 2 heterocycles. The van der Waals surface area contributed by atoms with E-state index in [-0.39, 0.29) is 24.5 Å². The van der Waals surface area contributed by atoms with Crippen molar-refractivity contribution in [2.24, 2.45) is 0 Å². The molecule has 3 N–H and O–H groups in total. The molecule has 32 heavy (non-hydrogen) atoms. The van der Waals surface area contributed by atoms with Gasteiger partial charge in [-0.05, 0) is 44.8 Å². The summed E-state index contributed by atoms with van der Waals surface area (Å²) in [5, 5.41) is 13.3. The monoisotopic (exact) mass is 456 g/mol. The number of carbonyl (C=O) groups is 2. The van der Waals surface area contributed by atoms with E-state index < -0.39 is 0 Å². The van der Waals surface area contributed by atoms with Crippen molar-refractivity contribution in [1.29, 1.82) is 0 Å². The fraction of sp³-hybridized carbons (Fsp3) is 0.565. The van der Waals surface area contributed by atoms with Gasteiger partial charge in [0.15, 0.2) is 10.6 Å². The first-order valence-electron chi connectivity index (χ1n) is 11.6. The summed E-state index contributed by atoms with van der Waals surface area (Å²) in [6.07, 6.45) is 7.30. The van der Waals surface area contributed by atoms with Crippen molar-refractivity contribution < 1.29 is 9.59 Å². The standard InChI is InChI=1S/C23H32N6O2S/c1-16-7-9-17(10-8-16)21-26-27-23(32)29(21)15-20(30)28-13-11-19(12-14-28)25-22(31)24-18-5-3-2-4-6-18/h7-10,18-19H,2-6,11-15H2,1H3,(H,27,32)(H2,24,25,31). The average Bonchev–Trinajstić information content (AvgIpc) is 3.15. The molecule has 0 spiro atoms. The summed E-state index contributed by atoms with van der Waals surface area (Å²) < 4.78 is 2.19. The maximum Gasteiger partial charge on any atom is 0.315 e. The highest BCUT2D eigenvalue weighted by Crippen LogP contribution is 2.20. The van der Waals surface area contributed by atoms with E-state index in [2.05, 4.69) is 20.8 Å². The minimum Gasteiger partial charge on any atom is -0.341 e. The lowest BCUT2D eigenvalue weighted by molar-refractivity contribution is -0.132. The van der Waals surface area contributed by atoms with Crippen LogP contribution in [-0.2, 0) is 11.3 Å². The third-order valence-corrected chi connectivity index (χ3v) is 6.80. The third kappa shape index (κ3) is 5.56. The summed E-state index contributed by atoms with van der Waals surface area (Å²) >= 11 is 5.37. The van der Waals surface area contributed by atoms with Gasteiger partial charge in [-0.1, -0.05) is 49.1 Å². The molecule has 1 aliphatic heterocycles. The van der Waals surface area contributed by atoms with Crippen molar-refractivity contribution in [2.75, 3.05) is 13.1 Å². The summed E-state index contributed by atoms with van der Waals surface area (Å²) in [5.41, 5.74) is 2.08. The predicted octanol–water partition coefficient (Wildman–Crippen LogP) is 3.54. The predicted molar refractivity (Wildman–Crippen MR) is 126 cm³/mol. The van der Waals surface area contributed by atoms with Gasteiger partial charge in [-0.2, -0.15) is 5.10 Å². The van der Waals surface area contributed by atoms with Crippen LogP contribution in [0, 0.1) is 11.7 Å². The van der Waals surface area contributed by atoms with Gasteiger partial charge in [0, 0.05) is 30.7 Å². The number of likely N-dealkylation sites (tertiary alicyclic amines) is 1. The number of aromatic nitrogens is 3. The second-order valence-corrected chi connectivity index (χ2v) is 9.30. The number of nitrogens with one attached hydrogen (secondary N) is 3. The van der Waals surface area contributed by atoms with Crippen molar-refractivity contribution in [2.45, 2.75) is 70.5 Å². The minimum atomic E-state index is -0.0749. The van der Waals surface area contributed by atoms with Gasteiger partial charge in [-0.15, -0.1) is 0 Å². The van der Waals surface area contributed by atoms with E-state index in [1.54, 1.807) is 4.57 Å². The molecule has 1 aliphatic carbocycles. The topological polar surface area (TPSA) is 95.1 Å². The number of piperidine rings is 1. The summed E-state index contributed by atoms with van der Waals surface area (Å²) in [6, 6.07) is 8.32. The number of nitrogens with zero attached hydrogens (tertiary/aromatic N) is 3. The van der Waals surface area contributed by atoms with Crippen LogP contribution in [0.5, 0.6) is 0 Å². The Kier molecular flexibility index (Phi) is 7.24. The van der Waals surface area contributed by atoms with Crippen molar-refractivity contribution in [1.82, 2.24) is 30.3 Å². The summed E-state index contributed by atoms with van der Waals surface area (Å²) in [6.45, 7) is 3.43. The molecule has 4 rings (SSSR count). The molecule has 0 radical (unpaired) electrons. The van der Waals surface area contributed by atoms with E-state index in [9.17, 15) is 9.59 Å². The van der Waals surface area contributed by atoms with Crippen LogP contribution in [0.4, 0.5) is 4.79 Å². The molecule has 1 aromatic heterocycles. The Balaban J connectivity index is 1.29. The third-order valence-electron chi connectivity index (χ3n) is 6.48. The van der Waals surface area contributed by atoms with Gasteiger partial charge in [0.05, 0.1) is 0 Å². The lowest BCUT2D eigenvalue weighted by atomic mass is 9.96. The maximum absolute atomic E-state index is 13.0. The number of H-pyrrole nitrogens is 1. The van der Waals surface area contributed by atoms with Crippen LogP contribution in [0.1, 0.15) is 50.5 Å². The molecule has 9 heteroatoms. The van der Waals surface area contributed by atoms with Gasteiger partial charge in [-0.25, -0.2) is 4.79 Å². The quantitative estimate of drug-likeness (QED) is 0.600. The van der Waals surface area contributed by atoms with Gasteiger partial charge in [0.1, 0.15) is 6.54 Å². The van der Waals surface area contributed by atoms with Gasteiger partial charge >= 0.3 is 6.03 Å². The summed E-state index contributed by atoms with van der Waals surface area (Å²) in [4.78, 5) is 27.1. The lowest BCUT2D eigenvalue weighted by Gasteiger charge is -2.33. The highest BCUT2D eigenvalue weighted by Gasteiger charge is 2.25. The van der Waals surface area contributed by atoms with Crippen LogP contribution in [0.2, 0.25) is 0 Å². The zero-order valence-electron chi connectivity index (χ0n) is 18.6. The number of rotatable bonds is 5. The Morgan fingerprint density at radius 1 is 1.03 bits per heavy atom. The minimum absolute atomic E-state index is 0.0148. The van der Waals surface area contributed by atoms with E-state index in [0.717, 1.165) is 36.8 Å². The first-order valence-corrected chi connectivity index (χ1v) is 12.0. The zero-order valence-corrected chi connectivity index (χ0v) is 19.4. The Morgan fingerprint density at radius 2 is 1.66 bits per heavy atom. The van der Waals surface area contributed by atoms with E-state index in [1.165, 1.54) is 19.3 Å². The van der Waals surface area contributed by atoms with Gasteiger partial charge < -0.3 is 15.5 Å². The van der Waals surface area contributed by atoms with Crippen LogP contribution in [-0.4, -0.2) is 56.8 Å². The van der Waals surface area contributed by atoms with Crippen LogP contribution >= 0.6 is 12.2 Å². The number of urea groups is 1. The summed E-state index contributed by atoms with van der Waals surface area (Å²) in [7, 11) is 0. The largest absolute Gasteiger partial charge is 0.341 e. The molecule has 2 aromatic rings. The SMILES string of the molecule is Cc1ccc(-c2n[nH]c(=S)n2CC(=O)N2CCC(NC(=O)NC3CCCCC3)CC2)cc1. The first-order chi connectivity index (χ1) is 15.5. The van der Waals surface area contributed by atoms with E-state index in [1.807, 2.05) is 36.1 Å². The first kappa shape index (κ1) is 22.5. The number of aromatic amines is 1. The number of carbonyl (C=O) groups excluding carboxylic acids is 2. The number of amides is 3. The van der Waals surface area contributed by atoms with Crippen LogP contribution in [0.25, 0.3) is 11.4 Å². The molecule has 3 amide bonds. The van der Waals surface area contributed by atoms with Crippen molar-refractivity contribution >= 4 is 24.2 Å². The number of hydrogen-bond donors (Lipinski definition) is 3. The van der Waals surface area contributed by atoms with Gasteiger partial charge in [0.2, 0.25) is 5.91 Å². The Bertz CT molecular complexity index is 985. The van der Waals surface area contributed by atoms with E-state index >= 15 is 0 Å². The molecule has 2 aliphatic rings. The molecule has 1 aromatic carbocycles. The molecular weight excluding hydrogens is 424 g/mol. The molecule has 0 atom stereocenters. The van der Waals surface area contributed by atoms with Crippen LogP contribution < -0.4 is 10.6 Å². The van der Waals surface area contributed by atoms with Crippen molar-refractivity contribution in [3.8, 4) is 11.4 Å². The second-order valence-electron chi connectivity index (χ2n) is 8.91. The maximum atomic E-state index is 13.0. The lowest BCUT2D eigenvalue weighted by Crippen LogP contribution is -2.51. The van der Waals surface area contributed by atoms with Crippen LogP contribution in [0.3, 0.4) is 0 Å². The zero-order chi connectivity index (χ0) is 22.5. The molecule has 2 fully saturated rings. The summed E-state index contributed by atoms with van der Waals surface area (Å²) in [5.74, 6) is 0.681. The Labute approximate surface area is 193 Å². The fourth-order valence-corrected chi connectivity index (χ4v) is 4.75. The van der Waals surface area contributed by atoms with Gasteiger partial charge in [-0.3, -0.25) is 14.5 Å². The molecule has 1 saturated carbocycles. The highest BCUT2D eigenvalue weighted by molar-refractivity contribution is 7.71. The molecule has 1 saturated heterocycles. The fourth-order valence-electron chi connectivity index (χ4n) is 4.56. The number of benzene rings is 1. The molecule has 8 nitrogen and oxygen atoms in total. The highest BCUT2D eigenvalue weighted by atomic mass is 32.1. The normalized spacial score (nSPS) is 17.8. The second kappa shape index (κ2) is 10.3. The van der Waals surface area contributed by atoms with Gasteiger partial charge in [0.25, 0.3) is 0 Å². The van der Waals surface area contributed by atoms with E-state index in [4.69, 9.17) is 12.2 Å². The Morgan fingerprint density at radius 3 is 2.31 bits per heavy atom. The molecular formula is C23H32N6O2S. The molecule has 172 valence electrons. The average molecular weight is 457 g/mol. The van der Waals surface area contributed by atoms with Crippen molar-refractivity contribution in [3.05, 3.63) is 34.6 Å². The van der Waals surface area contributed by atoms with E-state index in [0.29, 0.717) is 29.7 Å². The number of aryl methyl sites for hydroxylation is 1.